The summed E-state index contributed by atoms with van der Waals surface area (Å²) in [6.45, 7) is -2.62. The van der Waals surface area contributed by atoms with Gasteiger partial charge in [0, 0.05) is 6.54 Å². The van der Waals surface area contributed by atoms with Gasteiger partial charge in [-0.1, -0.05) is 24.3 Å². The highest BCUT2D eigenvalue weighted by Gasteiger charge is 2.11. The molecule has 0 aromatic heterocycles. The Morgan fingerprint density at radius 2 is 1.78 bits per heavy atom. The molecular formula is C16H15F3N2O2. The van der Waals surface area contributed by atoms with Crippen LogP contribution in [0.4, 0.5) is 18.9 Å². The minimum Gasteiger partial charge on any atom is -0.433 e. The van der Waals surface area contributed by atoms with Gasteiger partial charge < -0.3 is 15.4 Å². The lowest BCUT2D eigenvalue weighted by atomic mass is 10.2. The maximum absolute atomic E-state index is 12.8. The average Bonchev–Trinajstić information content (AvgIpc) is 2.51. The molecule has 2 aromatic rings. The number of benzene rings is 2. The maximum Gasteiger partial charge on any atom is 0.387 e. The van der Waals surface area contributed by atoms with Crippen molar-refractivity contribution in [1.29, 1.82) is 0 Å². The Morgan fingerprint density at radius 3 is 2.48 bits per heavy atom. The number of amides is 1. The first-order valence-electron chi connectivity index (χ1n) is 6.83. The second-order valence-corrected chi connectivity index (χ2v) is 4.65. The van der Waals surface area contributed by atoms with Gasteiger partial charge in [-0.3, -0.25) is 4.79 Å². The molecule has 0 atom stereocenters. The number of carbonyl (C=O) groups is 1. The highest BCUT2D eigenvalue weighted by atomic mass is 19.3. The van der Waals surface area contributed by atoms with Gasteiger partial charge in [0.1, 0.15) is 11.6 Å². The van der Waals surface area contributed by atoms with Crippen LogP contribution in [0.2, 0.25) is 0 Å². The molecule has 0 saturated heterocycles. The molecule has 7 heteroatoms. The molecule has 0 heterocycles. The lowest BCUT2D eigenvalue weighted by Crippen LogP contribution is -2.28. The zero-order chi connectivity index (χ0) is 16.7. The largest absolute Gasteiger partial charge is 0.433 e. The summed E-state index contributed by atoms with van der Waals surface area (Å²) in [7, 11) is 0. The highest BCUT2D eigenvalue weighted by Crippen LogP contribution is 2.25. The Balaban J connectivity index is 1.84. The second-order valence-electron chi connectivity index (χ2n) is 4.65. The maximum atomic E-state index is 12.8. The van der Waals surface area contributed by atoms with Crippen LogP contribution in [-0.4, -0.2) is 19.1 Å². The number of ether oxygens (including phenoxy) is 1. The lowest BCUT2D eigenvalue weighted by molar-refractivity contribution is -0.115. The van der Waals surface area contributed by atoms with Crippen LogP contribution in [0, 0.1) is 5.82 Å². The van der Waals surface area contributed by atoms with Gasteiger partial charge in [0.25, 0.3) is 0 Å². The van der Waals surface area contributed by atoms with Crippen LogP contribution >= 0.6 is 0 Å². The molecule has 0 aliphatic heterocycles. The monoisotopic (exact) mass is 324 g/mol. The van der Waals surface area contributed by atoms with Gasteiger partial charge in [-0.25, -0.2) is 4.39 Å². The molecule has 1 amide bonds. The molecule has 0 aliphatic carbocycles. The van der Waals surface area contributed by atoms with E-state index in [9.17, 15) is 18.0 Å². The Kier molecular flexibility index (Phi) is 5.99. The molecule has 122 valence electrons. The van der Waals surface area contributed by atoms with E-state index in [0.717, 1.165) is 5.56 Å². The molecule has 2 aromatic carbocycles. The zero-order valence-corrected chi connectivity index (χ0v) is 12.1. The second kappa shape index (κ2) is 8.19. The first-order chi connectivity index (χ1) is 11.0. The number of hydrogen-bond donors (Lipinski definition) is 2. The number of alkyl halides is 2. The number of hydrogen-bond acceptors (Lipinski definition) is 3. The Bertz CT molecular complexity index is 648. The SMILES string of the molecule is O=C(CNCc1ccc(F)cc1)Nc1ccccc1OC(F)F. The number of halogens is 3. The minimum atomic E-state index is -2.97. The summed E-state index contributed by atoms with van der Waals surface area (Å²) in [6, 6.07) is 11.8. The van der Waals surface area contributed by atoms with Gasteiger partial charge in [0.15, 0.2) is 0 Å². The molecule has 2 N–H and O–H groups in total. The molecule has 0 spiro atoms. The van der Waals surface area contributed by atoms with Gasteiger partial charge in [-0.2, -0.15) is 8.78 Å². The lowest BCUT2D eigenvalue weighted by Gasteiger charge is -2.12. The first-order valence-corrected chi connectivity index (χ1v) is 6.83. The number of rotatable bonds is 7. The Labute approximate surface area is 131 Å². The summed E-state index contributed by atoms with van der Waals surface area (Å²) < 4.78 is 41.7. The molecule has 0 saturated carbocycles. The number of carbonyl (C=O) groups excluding carboxylic acids is 1. The summed E-state index contributed by atoms with van der Waals surface area (Å²) in [5.74, 6) is -0.839. The molecule has 0 unspecified atom stereocenters. The van der Waals surface area contributed by atoms with E-state index in [1.54, 1.807) is 18.2 Å². The summed E-state index contributed by atoms with van der Waals surface area (Å²) >= 11 is 0. The molecule has 0 aliphatic rings. The molecule has 23 heavy (non-hydrogen) atoms. The van der Waals surface area contributed by atoms with E-state index in [-0.39, 0.29) is 23.8 Å². The van der Waals surface area contributed by atoms with Crippen molar-refractivity contribution in [2.75, 3.05) is 11.9 Å². The molecule has 2 rings (SSSR count). The van der Waals surface area contributed by atoms with Gasteiger partial charge in [0.2, 0.25) is 5.91 Å². The van der Waals surface area contributed by atoms with E-state index in [0.29, 0.717) is 6.54 Å². The Hall–Kier alpha value is -2.54. The summed E-state index contributed by atoms with van der Waals surface area (Å²) in [4.78, 5) is 11.8. The van der Waals surface area contributed by atoms with E-state index in [1.807, 2.05) is 0 Å². The van der Waals surface area contributed by atoms with Crippen molar-refractivity contribution in [3.63, 3.8) is 0 Å². The van der Waals surface area contributed by atoms with Gasteiger partial charge >= 0.3 is 6.61 Å². The fourth-order valence-corrected chi connectivity index (χ4v) is 1.89. The van der Waals surface area contributed by atoms with E-state index in [4.69, 9.17) is 0 Å². The van der Waals surface area contributed by atoms with Crippen LogP contribution in [0.1, 0.15) is 5.56 Å². The third-order valence-corrected chi connectivity index (χ3v) is 2.91. The van der Waals surface area contributed by atoms with Crippen molar-refractivity contribution < 1.29 is 22.7 Å². The molecular weight excluding hydrogens is 309 g/mol. The standard InChI is InChI=1S/C16H15F3N2O2/c17-12-7-5-11(6-8-12)9-20-10-15(22)21-13-3-1-2-4-14(13)23-16(18)19/h1-8,16,20H,9-10H2,(H,21,22). The predicted molar refractivity (Wildman–Crippen MR) is 79.8 cm³/mol. The normalized spacial score (nSPS) is 10.6. The van der Waals surface area contributed by atoms with Crippen LogP contribution in [-0.2, 0) is 11.3 Å². The fraction of sp³-hybridized carbons (Fsp3) is 0.188. The van der Waals surface area contributed by atoms with E-state index >= 15 is 0 Å². The van der Waals surface area contributed by atoms with Gasteiger partial charge in [0.05, 0.1) is 12.2 Å². The number of para-hydroxylation sites is 2. The quantitative estimate of drug-likeness (QED) is 0.822. The van der Waals surface area contributed by atoms with E-state index in [1.165, 1.54) is 30.3 Å². The molecule has 4 nitrogen and oxygen atoms in total. The number of nitrogens with one attached hydrogen (secondary N) is 2. The van der Waals surface area contributed by atoms with Crippen LogP contribution < -0.4 is 15.4 Å². The topological polar surface area (TPSA) is 50.4 Å². The fourth-order valence-electron chi connectivity index (χ4n) is 1.89. The molecule has 0 radical (unpaired) electrons. The van der Waals surface area contributed by atoms with Crippen molar-refractivity contribution in [2.24, 2.45) is 0 Å². The summed E-state index contributed by atoms with van der Waals surface area (Å²) in [5, 5.41) is 5.37. The summed E-state index contributed by atoms with van der Waals surface area (Å²) in [5.41, 5.74) is 0.988. The van der Waals surface area contributed by atoms with Crippen LogP contribution in [0.3, 0.4) is 0 Å². The number of anilines is 1. The first kappa shape index (κ1) is 16.8. The van der Waals surface area contributed by atoms with Crippen LogP contribution in [0.5, 0.6) is 5.75 Å². The summed E-state index contributed by atoms with van der Waals surface area (Å²) in [6.07, 6.45) is 0. The molecule has 0 bridgehead atoms. The van der Waals surface area contributed by atoms with Crippen molar-refractivity contribution in [3.05, 3.63) is 59.9 Å². The van der Waals surface area contributed by atoms with Gasteiger partial charge in [-0.15, -0.1) is 0 Å². The van der Waals surface area contributed by atoms with E-state index in [2.05, 4.69) is 15.4 Å². The molecule has 0 fully saturated rings. The Morgan fingerprint density at radius 1 is 1.09 bits per heavy atom. The third kappa shape index (κ3) is 5.63. The minimum absolute atomic E-state index is 0.0274. The highest BCUT2D eigenvalue weighted by molar-refractivity contribution is 5.93. The van der Waals surface area contributed by atoms with Gasteiger partial charge in [-0.05, 0) is 29.8 Å². The zero-order valence-electron chi connectivity index (χ0n) is 12.1. The van der Waals surface area contributed by atoms with Crippen molar-refractivity contribution in [2.45, 2.75) is 13.2 Å². The average molecular weight is 324 g/mol. The van der Waals surface area contributed by atoms with Crippen LogP contribution in [0.15, 0.2) is 48.5 Å². The smallest absolute Gasteiger partial charge is 0.387 e. The van der Waals surface area contributed by atoms with Crippen molar-refractivity contribution >= 4 is 11.6 Å². The van der Waals surface area contributed by atoms with Crippen molar-refractivity contribution in [1.82, 2.24) is 5.32 Å². The predicted octanol–water partition coefficient (Wildman–Crippen LogP) is 3.16. The third-order valence-electron chi connectivity index (χ3n) is 2.91. The van der Waals surface area contributed by atoms with Crippen molar-refractivity contribution in [3.8, 4) is 5.75 Å². The van der Waals surface area contributed by atoms with E-state index < -0.39 is 12.5 Å². The van der Waals surface area contributed by atoms with Crippen LogP contribution in [0.25, 0.3) is 0 Å².